The second kappa shape index (κ2) is 8.03. The summed E-state index contributed by atoms with van der Waals surface area (Å²) in [7, 11) is 0. The van der Waals surface area contributed by atoms with Crippen LogP contribution in [0.1, 0.15) is 31.7 Å². The molecule has 9 heteroatoms. The minimum Gasteiger partial charge on any atom is -0.406 e. The number of aromatic nitrogens is 4. The van der Waals surface area contributed by atoms with Gasteiger partial charge in [0.25, 0.3) is 0 Å². The van der Waals surface area contributed by atoms with Crippen LogP contribution < -0.4 is 11.1 Å². The molecule has 3 aromatic heterocycles. The SMILES string of the molecule is O=C(Nc1ccn(-c2cccc(Cl)c2)n1)C1CCC(n2c(=O)oc3cnccc32)CC1. The number of halogens is 1. The van der Waals surface area contributed by atoms with Crippen molar-refractivity contribution in [2.24, 2.45) is 5.92 Å². The number of oxazole rings is 1. The maximum Gasteiger partial charge on any atom is 0.420 e. The van der Waals surface area contributed by atoms with E-state index in [0.717, 1.165) is 24.0 Å². The van der Waals surface area contributed by atoms with Crippen molar-refractivity contribution in [3.63, 3.8) is 0 Å². The van der Waals surface area contributed by atoms with Crippen LogP contribution in [0.15, 0.2) is 64.2 Å². The average molecular weight is 438 g/mol. The summed E-state index contributed by atoms with van der Waals surface area (Å²) >= 11 is 6.04. The van der Waals surface area contributed by atoms with Gasteiger partial charge in [-0.2, -0.15) is 5.10 Å². The van der Waals surface area contributed by atoms with Gasteiger partial charge in [-0.1, -0.05) is 17.7 Å². The van der Waals surface area contributed by atoms with E-state index < -0.39 is 0 Å². The summed E-state index contributed by atoms with van der Waals surface area (Å²) in [4.78, 5) is 29.1. The lowest BCUT2D eigenvalue weighted by atomic mass is 9.85. The zero-order valence-corrected chi connectivity index (χ0v) is 17.3. The third-order valence-corrected chi connectivity index (χ3v) is 6.00. The number of pyridine rings is 1. The number of nitrogens with one attached hydrogen (secondary N) is 1. The highest BCUT2D eigenvalue weighted by Crippen LogP contribution is 2.34. The quantitative estimate of drug-likeness (QED) is 0.516. The molecule has 1 aliphatic rings. The van der Waals surface area contributed by atoms with Crippen molar-refractivity contribution in [1.29, 1.82) is 0 Å². The number of fused-ring (bicyclic) bond motifs is 1. The molecule has 1 N–H and O–H groups in total. The van der Waals surface area contributed by atoms with Gasteiger partial charge in [-0.3, -0.25) is 14.3 Å². The minimum absolute atomic E-state index is 0.0160. The molecule has 0 saturated heterocycles. The molecular formula is C22H20ClN5O3. The van der Waals surface area contributed by atoms with E-state index in [1.165, 1.54) is 0 Å². The fourth-order valence-corrected chi connectivity index (χ4v) is 4.40. The molecule has 1 fully saturated rings. The van der Waals surface area contributed by atoms with E-state index >= 15 is 0 Å². The fourth-order valence-electron chi connectivity index (χ4n) is 4.22. The van der Waals surface area contributed by atoms with Gasteiger partial charge < -0.3 is 9.73 Å². The van der Waals surface area contributed by atoms with Gasteiger partial charge in [0.15, 0.2) is 11.4 Å². The number of hydrogen-bond donors (Lipinski definition) is 1. The highest BCUT2D eigenvalue weighted by atomic mass is 35.5. The van der Waals surface area contributed by atoms with E-state index in [1.54, 1.807) is 52.1 Å². The first-order valence-corrected chi connectivity index (χ1v) is 10.5. The molecule has 0 unspecified atom stereocenters. The monoisotopic (exact) mass is 437 g/mol. The van der Waals surface area contributed by atoms with E-state index in [-0.39, 0.29) is 23.6 Å². The smallest absolute Gasteiger partial charge is 0.406 e. The van der Waals surface area contributed by atoms with Crippen LogP contribution in [-0.4, -0.2) is 25.2 Å². The molecule has 0 radical (unpaired) electrons. The van der Waals surface area contributed by atoms with E-state index in [1.807, 2.05) is 12.1 Å². The number of amides is 1. The van der Waals surface area contributed by atoms with Gasteiger partial charge in [-0.25, -0.2) is 9.48 Å². The predicted molar refractivity (Wildman–Crippen MR) is 116 cm³/mol. The first-order valence-electron chi connectivity index (χ1n) is 10.2. The summed E-state index contributed by atoms with van der Waals surface area (Å²) in [6.07, 6.45) is 7.82. The second-order valence-electron chi connectivity index (χ2n) is 7.70. The number of benzene rings is 1. The van der Waals surface area contributed by atoms with Crippen molar-refractivity contribution in [1.82, 2.24) is 19.3 Å². The molecule has 4 aromatic rings. The van der Waals surface area contributed by atoms with E-state index in [2.05, 4.69) is 15.4 Å². The molecule has 1 saturated carbocycles. The number of rotatable bonds is 4. The first-order chi connectivity index (χ1) is 15.1. The summed E-state index contributed by atoms with van der Waals surface area (Å²) in [6, 6.07) is 10.9. The lowest BCUT2D eigenvalue weighted by Gasteiger charge is -2.28. The molecule has 8 nitrogen and oxygen atoms in total. The maximum absolute atomic E-state index is 12.8. The average Bonchev–Trinajstić information content (AvgIpc) is 3.37. The molecule has 5 rings (SSSR count). The molecule has 3 heterocycles. The summed E-state index contributed by atoms with van der Waals surface area (Å²) in [5, 5.41) is 7.95. The van der Waals surface area contributed by atoms with Crippen LogP contribution in [0.4, 0.5) is 5.82 Å². The van der Waals surface area contributed by atoms with Crippen LogP contribution in [0.25, 0.3) is 16.8 Å². The van der Waals surface area contributed by atoms with E-state index in [9.17, 15) is 9.59 Å². The lowest BCUT2D eigenvalue weighted by Crippen LogP contribution is -2.30. The zero-order chi connectivity index (χ0) is 21.4. The van der Waals surface area contributed by atoms with Gasteiger partial charge in [-0.05, 0) is 49.9 Å². The van der Waals surface area contributed by atoms with Crippen LogP contribution in [0.2, 0.25) is 5.02 Å². The normalized spacial score (nSPS) is 18.9. The Bertz CT molecular complexity index is 1300. The highest BCUT2D eigenvalue weighted by Gasteiger charge is 2.29. The van der Waals surface area contributed by atoms with Crippen molar-refractivity contribution >= 4 is 34.4 Å². The third kappa shape index (κ3) is 3.86. The van der Waals surface area contributed by atoms with Crippen LogP contribution >= 0.6 is 11.6 Å². The van der Waals surface area contributed by atoms with Crippen molar-refractivity contribution in [3.05, 3.63) is 70.6 Å². The van der Waals surface area contributed by atoms with Crippen molar-refractivity contribution in [2.45, 2.75) is 31.7 Å². The van der Waals surface area contributed by atoms with Crippen LogP contribution in [0.3, 0.4) is 0 Å². The number of carbonyl (C=O) groups is 1. The van der Waals surface area contributed by atoms with Gasteiger partial charge >= 0.3 is 5.76 Å². The highest BCUT2D eigenvalue weighted by molar-refractivity contribution is 6.30. The fraction of sp³-hybridized carbons (Fsp3) is 0.273. The Morgan fingerprint density at radius 2 is 2.00 bits per heavy atom. The minimum atomic E-state index is -0.373. The summed E-state index contributed by atoms with van der Waals surface area (Å²) in [5.74, 6) is -0.0504. The number of anilines is 1. The Balaban J connectivity index is 1.24. The Kier molecular flexibility index (Phi) is 5.07. The van der Waals surface area contributed by atoms with Crippen LogP contribution in [0, 0.1) is 5.92 Å². The molecule has 1 aliphatic carbocycles. The van der Waals surface area contributed by atoms with Gasteiger partial charge in [0.2, 0.25) is 5.91 Å². The van der Waals surface area contributed by atoms with Crippen LogP contribution in [0.5, 0.6) is 0 Å². The predicted octanol–water partition coefficient (Wildman–Crippen LogP) is 4.20. The van der Waals surface area contributed by atoms with Crippen molar-refractivity contribution < 1.29 is 9.21 Å². The van der Waals surface area contributed by atoms with Gasteiger partial charge in [0.05, 0.1) is 17.4 Å². The molecule has 1 aromatic carbocycles. The van der Waals surface area contributed by atoms with Gasteiger partial charge in [0.1, 0.15) is 0 Å². The Hall–Kier alpha value is -3.39. The molecule has 0 spiro atoms. The molecule has 0 aliphatic heterocycles. The maximum atomic E-state index is 12.8. The standard InChI is InChI=1S/C22H20ClN5O3/c23-15-2-1-3-17(12-15)27-11-9-20(26-27)25-21(29)14-4-6-16(7-5-14)28-18-8-10-24-13-19(18)31-22(28)30/h1-3,8-14,16H,4-7H2,(H,25,26,29). The van der Waals surface area contributed by atoms with E-state index in [0.29, 0.717) is 29.3 Å². The number of nitrogens with zero attached hydrogens (tertiary/aromatic N) is 4. The third-order valence-electron chi connectivity index (χ3n) is 5.76. The Morgan fingerprint density at radius 3 is 2.81 bits per heavy atom. The summed E-state index contributed by atoms with van der Waals surface area (Å²) in [6.45, 7) is 0. The van der Waals surface area contributed by atoms with Gasteiger partial charge in [-0.15, -0.1) is 0 Å². The lowest BCUT2D eigenvalue weighted by molar-refractivity contribution is -0.121. The second-order valence-corrected chi connectivity index (χ2v) is 8.14. The van der Waals surface area contributed by atoms with E-state index in [4.69, 9.17) is 16.0 Å². The number of hydrogen-bond acceptors (Lipinski definition) is 5. The van der Waals surface area contributed by atoms with Gasteiger partial charge in [0, 0.05) is 35.4 Å². The van der Waals surface area contributed by atoms with Crippen molar-refractivity contribution in [2.75, 3.05) is 5.32 Å². The molecule has 1 amide bonds. The molecule has 0 bridgehead atoms. The summed E-state index contributed by atoms with van der Waals surface area (Å²) < 4.78 is 8.66. The summed E-state index contributed by atoms with van der Waals surface area (Å²) in [5.41, 5.74) is 2.06. The largest absolute Gasteiger partial charge is 0.420 e. The zero-order valence-electron chi connectivity index (χ0n) is 16.6. The number of carbonyl (C=O) groups excluding carboxylic acids is 1. The first kappa shape index (κ1) is 19.6. The molecule has 0 atom stereocenters. The topological polar surface area (TPSA) is 95.0 Å². The molecule has 31 heavy (non-hydrogen) atoms. The Morgan fingerprint density at radius 1 is 1.16 bits per heavy atom. The molecule has 158 valence electrons. The van der Waals surface area contributed by atoms with Crippen LogP contribution in [-0.2, 0) is 4.79 Å². The van der Waals surface area contributed by atoms with Crippen molar-refractivity contribution in [3.8, 4) is 5.69 Å². The Labute approximate surface area is 182 Å². The molecular weight excluding hydrogens is 418 g/mol.